The molecule has 0 radical (unpaired) electrons. The molecule has 0 bridgehead atoms. The third kappa shape index (κ3) is 10.1. The van der Waals surface area contributed by atoms with Crippen LogP contribution in [0.1, 0.15) is 82.6 Å². The molecule has 1 saturated heterocycles. The van der Waals surface area contributed by atoms with Crippen molar-refractivity contribution in [2.75, 3.05) is 19.6 Å². The van der Waals surface area contributed by atoms with Gasteiger partial charge in [-0.15, -0.1) is 0 Å². The van der Waals surface area contributed by atoms with Crippen LogP contribution < -0.4 is 5.32 Å². The van der Waals surface area contributed by atoms with E-state index in [4.69, 9.17) is 9.47 Å². The van der Waals surface area contributed by atoms with Crippen LogP contribution in [0.4, 0.5) is 0 Å². The molecule has 2 unspecified atom stereocenters. The molecule has 45 heavy (non-hydrogen) atoms. The highest BCUT2D eigenvalue weighted by Gasteiger charge is 2.37. The van der Waals surface area contributed by atoms with Crippen LogP contribution in [0.2, 0.25) is 0 Å². The van der Waals surface area contributed by atoms with Gasteiger partial charge in [0.15, 0.2) is 0 Å². The van der Waals surface area contributed by atoms with Gasteiger partial charge in [0, 0.05) is 45.9 Å². The number of piperidine rings is 1. The summed E-state index contributed by atoms with van der Waals surface area (Å²) in [5.41, 5.74) is 1.95. The van der Waals surface area contributed by atoms with Gasteiger partial charge in [0.05, 0.1) is 6.10 Å². The Morgan fingerprint density at radius 1 is 0.956 bits per heavy atom. The fraction of sp³-hybridized carbons (Fsp3) is 0.543. The molecule has 0 spiro atoms. The van der Waals surface area contributed by atoms with E-state index in [0.29, 0.717) is 45.3 Å². The molecule has 0 saturated carbocycles. The summed E-state index contributed by atoms with van der Waals surface area (Å²) in [6.45, 7) is 9.00. The van der Waals surface area contributed by atoms with Gasteiger partial charge in [-0.3, -0.25) is 14.4 Å². The molecule has 244 valence electrons. The topological polar surface area (TPSA) is 125 Å². The van der Waals surface area contributed by atoms with Crippen LogP contribution in [0.25, 0.3) is 0 Å². The average Bonchev–Trinajstić information content (AvgIpc) is 3.01. The maximum Gasteiger partial charge on any atom is 0.329 e. The third-order valence-electron chi connectivity index (χ3n) is 8.30. The number of fused-ring (bicyclic) bond motifs is 1. The lowest BCUT2D eigenvalue weighted by Crippen LogP contribution is -2.56. The molecule has 2 aromatic carbocycles. The highest BCUT2D eigenvalue weighted by Crippen LogP contribution is 2.26. The first-order valence-corrected chi connectivity index (χ1v) is 15.9. The van der Waals surface area contributed by atoms with Gasteiger partial charge in [-0.1, -0.05) is 54.6 Å². The number of ether oxygens (including phenoxy) is 2. The number of carbonyl (C=O) groups excluding carboxylic acids is 4. The van der Waals surface area contributed by atoms with Crippen LogP contribution in [-0.2, 0) is 41.6 Å². The molecule has 0 aromatic heterocycles. The van der Waals surface area contributed by atoms with Crippen molar-refractivity contribution in [1.82, 2.24) is 15.1 Å². The third-order valence-corrected chi connectivity index (χ3v) is 8.30. The van der Waals surface area contributed by atoms with E-state index in [1.165, 1.54) is 6.92 Å². The van der Waals surface area contributed by atoms with Gasteiger partial charge < -0.3 is 29.7 Å². The molecule has 3 atom stereocenters. The van der Waals surface area contributed by atoms with Gasteiger partial charge in [0.2, 0.25) is 11.8 Å². The summed E-state index contributed by atoms with van der Waals surface area (Å²) in [6.07, 6.45) is 1.46. The zero-order chi connectivity index (χ0) is 32.6. The van der Waals surface area contributed by atoms with Crippen molar-refractivity contribution < 1.29 is 33.8 Å². The Bertz CT molecular complexity index is 1320. The Balaban J connectivity index is 1.45. The molecule has 2 N–H and O–H groups in total. The number of likely N-dealkylation sites (tertiary alicyclic amines) is 1. The predicted molar refractivity (Wildman–Crippen MR) is 169 cm³/mol. The summed E-state index contributed by atoms with van der Waals surface area (Å²) in [6, 6.07) is 15.2. The molecule has 10 heteroatoms. The quantitative estimate of drug-likeness (QED) is 0.364. The van der Waals surface area contributed by atoms with Gasteiger partial charge in [-0.2, -0.15) is 0 Å². The second kappa shape index (κ2) is 15.5. The minimum Gasteiger partial charge on any atom is -0.462 e. The monoisotopic (exact) mass is 621 g/mol. The van der Waals surface area contributed by atoms with Gasteiger partial charge in [-0.05, 0) is 63.1 Å². The number of aliphatic hydroxyl groups is 1. The number of nitrogens with one attached hydrogen (secondary N) is 1. The summed E-state index contributed by atoms with van der Waals surface area (Å²) in [5, 5.41) is 13.6. The second-order valence-corrected chi connectivity index (χ2v) is 13.0. The lowest BCUT2D eigenvalue weighted by molar-refractivity contribution is -0.159. The molecule has 2 aliphatic rings. The van der Waals surface area contributed by atoms with Crippen LogP contribution in [-0.4, -0.2) is 82.1 Å². The molecular weight excluding hydrogens is 574 g/mol. The zero-order valence-corrected chi connectivity index (χ0v) is 26.9. The van der Waals surface area contributed by atoms with Gasteiger partial charge >= 0.3 is 11.9 Å². The van der Waals surface area contributed by atoms with E-state index >= 15 is 0 Å². The van der Waals surface area contributed by atoms with Crippen LogP contribution in [0.5, 0.6) is 0 Å². The Morgan fingerprint density at radius 2 is 1.60 bits per heavy atom. The number of hydrogen-bond acceptors (Lipinski definition) is 8. The van der Waals surface area contributed by atoms with Crippen LogP contribution in [0.15, 0.2) is 54.6 Å². The minimum absolute atomic E-state index is 0.0702. The fourth-order valence-electron chi connectivity index (χ4n) is 5.95. The second-order valence-electron chi connectivity index (χ2n) is 13.0. The van der Waals surface area contributed by atoms with E-state index in [9.17, 15) is 24.3 Å². The predicted octanol–water partition coefficient (Wildman–Crippen LogP) is 3.70. The standard InChI is InChI=1S/C35H47N3O7/c1-24(39)44-28-16-19-37(20-17-28)21-18-29(34(43)45-35(2,3)4)36-33(42)30-22-26-12-8-9-13-27(26)23-38(30)32(41)15-14-31(40)25-10-6-5-7-11-25/h5-13,28-31,40H,14-23H2,1-4H3,(H,36,42)/t29?,30-,31?/m0/s1. The van der Waals surface area contributed by atoms with Crippen LogP contribution >= 0.6 is 0 Å². The highest BCUT2D eigenvalue weighted by molar-refractivity contribution is 5.91. The Morgan fingerprint density at radius 3 is 2.24 bits per heavy atom. The van der Waals surface area contributed by atoms with Crippen molar-refractivity contribution >= 4 is 23.8 Å². The van der Waals surface area contributed by atoms with E-state index < -0.39 is 35.7 Å². The van der Waals surface area contributed by atoms with E-state index in [2.05, 4.69) is 10.2 Å². The molecule has 4 rings (SSSR count). The molecule has 2 amide bonds. The van der Waals surface area contributed by atoms with Crippen molar-refractivity contribution in [3.05, 3.63) is 71.3 Å². The summed E-state index contributed by atoms with van der Waals surface area (Å²) in [5.74, 6) is -1.45. The lowest BCUT2D eigenvalue weighted by atomic mass is 9.92. The number of nitrogens with zero attached hydrogens (tertiary/aromatic N) is 2. The van der Waals surface area contributed by atoms with Crippen molar-refractivity contribution in [1.29, 1.82) is 0 Å². The largest absolute Gasteiger partial charge is 0.462 e. The average molecular weight is 622 g/mol. The summed E-state index contributed by atoms with van der Waals surface area (Å²) >= 11 is 0. The number of amides is 2. The van der Waals surface area contributed by atoms with Crippen molar-refractivity contribution in [3.8, 4) is 0 Å². The van der Waals surface area contributed by atoms with E-state index in [0.717, 1.165) is 16.7 Å². The fourth-order valence-corrected chi connectivity index (χ4v) is 5.95. The summed E-state index contributed by atoms with van der Waals surface area (Å²) < 4.78 is 11.0. The van der Waals surface area contributed by atoms with E-state index in [1.807, 2.05) is 54.6 Å². The molecule has 10 nitrogen and oxygen atoms in total. The lowest BCUT2D eigenvalue weighted by Gasteiger charge is -2.37. The number of benzene rings is 2. The Kier molecular flexibility index (Phi) is 11.7. The van der Waals surface area contributed by atoms with Crippen LogP contribution in [0.3, 0.4) is 0 Å². The maximum absolute atomic E-state index is 13.9. The molecular formula is C35H47N3O7. The summed E-state index contributed by atoms with van der Waals surface area (Å²) in [4.78, 5) is 55.9. The normalized spacial score (nSPS) is 18.8. The Hall–Kier alpha value is -3.76. The smallest absolute Gasteiger partial charge is 0.329 e. The molecule has 2 aliphatic heterocycles. The first kappa shape index (κ1) is 34.1. The van der Waals surface area contributed by atoms with Crippen molar-refractivity contribution in [2.24, 2.45) is 0 Å². The van der Waals surface area contributed by atoms with Crippen LogP contribution in [0, 0.1) is 0 Å². The molecule has 1 fully saturated rings. The minimum atomic E-state index is -0.906. The zero-order valence-electron chi connectivity index (χ0n) is 26.9. The van der Waals surface area contributed by atoms with E-state index in [1.54, 1.807) is 25.7 Å². The first-order valence-electron chi connectivity index (χ1n) is 15.9. The van der Waals surface area contributed by atoms with Crippen molar-refractivity contribution in [2.45, 2.75) is 103 Å². The molecule has 0 aliphatic carbocycles. The van der Waals surface area contributed by atoms with Crippen molar-refractivity contribution in [3.63, 3.8) is 0 Å². The maximum atomic E-state index is 13.9. The number of rotatable bonds is 11. The SMILES string of the molecule is CC(=O)OC1CCN(CCC(NC(=O)[C@@H]2Cc3ccccc3CN2C(=O)CCC(O)c2ccccc2)C(=O)OC(C)(C)C)CC1. The Labute approximate surface area is 266 Å². The van der Waals surface area contributed by atoms with Gasteiger partial charge in [0.25, 0.3) is 0 Å². The number of aliphatic hydroxyl groups excluding tert-OH is 1. The number of esters is 2. The van der Waals surface area contributed by atoms with Gasteiger partial charge in [-0.25, -0.2) is 4.79 Å². The number of carbonyl (C=O) groups is 4. The molecule has 2 heterocycles. The van der Waals surface area contributed by atoms with E-state index in [-0.39, 0.29) is 37.4 Å². The first-order chi connectivity index (χ1) is 21.4. The van der Waals surface area contributed by atoms with Gasteiger partial charge in [0.1, 0.15) is 23.8 Å². The highest BCUT2D eigenvalue weighted by atomic mass is 16.6. The number of hydrogen-bond donors (Lipinski definition) is 2. The summed E-state index contributed by atoms with van der Waals surface area (Å²) in [7, 11) is 0. The molecule has 2 aromatic rings.